The monoisotopic (exact) mass is 487 g/mol. The zero-order valence-electron chi connectivity index (χ0n) is 18.2. The third-order valence-corrected chi connectivity index (χ3v) is 5.16. The predicted molar refractivity (Wildman–Crippen MR) is 117 cm³/mol. The van der Waals surface area contributed by atoms with Crippen molar-refractivity contribution in [2.24, 2.45) is 0 Å². The molecule has 1 fully saturated rings. The highest BCUT2D eigenvalue weighted by atomic mass is 19.4. The Balaban J connectivity index is 1.61. The van der Waals surface area contributed by atoms with E-state index in [4.69, 9.17) is 15.4 Å². The molecule has 0 aliphatic carbocycles. The number of rotatable bonds is 5. The molecular weight excluding hydrogens is 467 g/mol. The number of benzene rings is 2. The van der Waals surface area contributed by atoms with E-state index in [1.165, 1.54) is 35.6 Å². The third-order valence-electron chi connectivity index (χ3n) is 5.16. The molecule has 1 saturated heterocycles. The Labute approximate surface area is 198 Å². The summed E-state index contributed by atoms with van der Waals surface area (Å²) in [4.78, 5) is 38.0. The molecule has 35 heavy (non-hydrogen) atoms. The molecular formula is C23H20F3N5O4. The first-order chi connectivity index (χ1) is 16.6. The largest absolute Gasteiger partial charge is 0.471 e. The summed E-state index contributed by atoms with van der Waals surface area (Å²) in [5.74, 6) is -3.83. The second-order valence-electron chi connectivity index (χ2n) is 7.53. The van der Waals surface area contributed by atoms with Crippen LogP contribution in [0.1, 0.15) is 31.8 Å². The maximum Gasteiger partial charge on any atom is 0.471 e. The molecule has 1 aliphatic rings. The van der Waals surface area contributed by atoms with Gasteiger partial charge >= 0.3 is 12.1 Å². The first kappa shape index (κ1) is 25.4. The molecule has 0 bridgehead atoms. The van der Waals surface area contributed by atoms with E-state index in [0.717, 1.165) is 0 Å². The molecule has 12 heteroatoms. The smallest absolute Gasteiger partial charge is 0.377 e. The van der Waals surface area contributed by atoms with Crippen LogP contribution in [0.3, 0.4) is 0 Å². The van der Waals surface area contributed by atoms with E-state index in [9.17, 15) is 27.6 Å². The lowest BCUT2D eigenvalue weighted by Crippen LogP contribution is -2.53. The molecule has 2 aromatic carbocycles. The highest BCUT2D eigenvalue weighted by Gasteiger charge is 2.39. The molecule has 0 saturated carbocycles. The second-order valence-corrected chi connectivity index (χ2v) is 7.53. The van der Waals surface area contributed by atoms with Crippen LogP contribution in [-0.4, -0.2) is 67.0 Å². The summed E-state index contributed by atoms with van der Waals surface area (Å²) in [5.41, 5.74) is 0.845. The molecule has 1 atom stereocenters. The lowest BCUT2D eigenvalue weighted by Gasteiger charge is -2.35. The van der Waals surface area contributed by atoms with Crippen LogP contribution < -0.4 is 10.6 Å². The first-order valence-electron chi connectivity index (χ1n) is 10.3. The molecule has 3 N–H and O–H groups in total. The van der Waals surface area contributed by atoms with Gasteiger partial charge in [-0.1, -0.05) is 18.2 Å². The lowest BCUT2D eigenvalue weighted by atomic mass is 10.1. The van der Waals surface area contributed by atoms with E-state index in [1.54, 1.807) is 23.1 Å². The Hall–Kier alpha value is -4.24. The van der Waals surface area contributed by atoms with Gasteiger partial charge in [-0.15, -0.1) is 0 Å². The van der Waals surface area contributed by atoms with Gasteiger partial charge < -0.3 is 20.3 Å². The number of nitrogens with one attached hydrogen (secondary N) is 3. The van der Waals surface area contributed by atoms with Crippen molar-refractivity contribution in [2.75, 3.05) is 26.3 Å². The van der Waals surface area contributed by atoms with Crippen molar-refractivity contribution in [3.8, 4) is 6.07 Å². The van der Waals surface area contributed by atoms with Gasteiger partial charge in [0.15, 0.2) is 0 Å². The maximum absolute atomic E-state index is 13.0. The fraction of sp³-hybridized carbons (Fsp3) is 0.261. The Morgan fingerprint density at radius 3 is 2.46 bits per heavy atom. The van der Waals surface area contributed by atoms with Crippen molar-refractivity contribution in [2.45, 2.75) is 12.2 Å². The molecule has 1 heterocycles. The van der Waals surface area contributed by atoms with Crippen LogP contribution in [-0.2, 0) is 9.53 Å². The van der Waals surface area contributed by atoms with Crippen LogP contribution in [0, 0.1) is 16.7 Å². The predicted octanol–water partition coefficient (Wildman–Crippen LogP) is 1.83. The van der Waals surface area contributed by atoms with Crippen molar-refractivity contribution in [3.63, 3.8) is 0 Å². The third kappa shape index (κ3) is 6.42. The molecule has 0 aromatic heterocycles. The number of carbonyl (C=O) groups excluding carboxylic acids is 3. The van der Waals surface area contributed by atoms with E-state index in [2.05, 4.69) is 5.32 Å². The fourth-order valence-corrected chi connectivity index (χ4v) is 3.34. The van der Waals surface area contributed by atoms with Gasteiger partial charge in [0.2, 0.25) is 0 Å². The SMILES string of the molecule is N#Cc1cccc(C(=O)N2CCOCC2CNC(=O)c2ccc(C(=N)NC(=O)C(F)(F)F)cc2)c1. The number of alkyl halides is 3. The molecule has 9 nitrogen and oxygen atoms in total. The summed E-state index contributed by atoms with van der Waals surface area (Å²) in [6.45, 7) is 0.893. The molecule has 3 amide bonds. The van der Waals surface area contributed by atoms with E-state index in [1.807, 2.05) is 6.07 Å². The molecule has 182 valence electrons. The van der Waals surface area contributed by atoms with Crippen molar-refractivity contribution < 1.29 is 32.3 Å². The van der Waals surface area contributed by atoms with Crippen LogP contribution in [0.25, 0.3) is 0 Å². The fourth-order valence-electron chi connectivity index (χ4n) is 3.34. The van der Waals surface area contributed by atoms with Gasteiger partial charge in [-0.2, -0.15) is 18.4 Å². The molecule has 0 radical (unpaired) electrons. The second kappa shape index (κ2) is 10.8. The number of amides is 3. The van der Waals surface area contributed by atoms with E-state index in [-0.39, 0.29) is 30.2 Å². The van der Waals surface area contributed by atoms with Crippen LogP contribution in [0.4, 0.5) is 13.2 Å². The Morgan fingerprint density at radius 2 is 1.80 bits per heavy atom. The number of hydrogen-bond donors (Lipinski definition) is 3. The summed E-state index contributed by atoms with van der Waals surface area (Å²) in [7, 11) is 0. The summed E-state index contributed by atoms with van der Waals surface area (Å²) in [6.07, 6.45) is -5.12. The molecule has 3 rings (SSSR count). The quantitative estimate of drug-likeness (QED) is 0.437. The topological polar surface area (TPSA) is 135 Å². The van der Waals surface area contributed by atoms with Crippen molar-refractivity contribution in [1.82, 2.24) is 15.5 Å². The Bertz CT molecular complexity index is 1170. The normalized spacial score (nSPS) is 15.6. The number of amidine groups is 1. The minimum Gasteiger partial charge on any atom is -0.377 e. The van der Waals surface area contributed by atoms with Gasteiger partial charge in [0.05, 0.1) is 30.9 Å². The van der Waals surface area contributed by atoms with Gasteiger partial charge in [-0.25, -0.2) is 0 Å². The summed E-state index contributed by atoms with van der Waals surface area (Å²) < 4.78 is 42.4. The zero-order valence-corrected chi connectivity index (χ0v) is 18.2. The minimum atomic E-state index is -5.12. The number of morpholine rings is 1. The lowest BCUT2D eigenvalue weighted by molar-refractivity contribution is -0.171. The van der Waals surface area contributed by atoms with Crippen molar-refractivity contribution >= 4 is 23.6 Å². The number of ether oxygens (including phenoxy) is 1. The first-order valence-corrected chi connectivity index (χ1v) is 10.3. The van der Waals surface area contributed by atoms with Crippen LogP contribution in [0.5, 0.6) is 0 Å². The Kier molecular flexibility index (Phi) is 7.83. The average Bonchev–Trinajstić information content (AvgIpc) is 2.86. The van der Waals surface area contributed by atoms with Gasteiger partial charge in [-0.05, 0) is 30.3 Å². The van der Waals surface area contributed by atoms with Gasteiger partial charge in [0.1, 0.15) is 5.84 Å². The highest BCUT2D eigenvalue weighted by molar-refractivity contribution is 6.08. The van der Waals surface area contributed by atoms with Crippen LogP contribution in [0.2, 0.25) is 0 Å². The van der Waals surface area contributed by atoms with Gasteiger partial charge in [0.25, 0.3) is 11.8 Å². The maximum atomic E-state index is 13.0. The number of halogens is 3. The molecule has 1 aliphatic heterocycles. The number of nitriles is 1. The van der Waals surface area contributed by atoms with Crippen molar-refractivity contribution in [1.29, 1.82) is 10.7 Å². The summed E-state index contributed by atoms with van der Waals surface area (Å²) in [5, 5.41) is 20.8. The van der Waals surface area contributed by atoms with Gasteiger partial charge in [-0.3, -0.25) is 19.8 Å². The molecule has 1 unspecified atom stereocenters. The average molecular weight is 487 g/mol. The Morgan fingerprint density at radius 1 is 1.11 bits per heavy atom. The van der Waals surface area contributed by atoms with Crippen LogP contribution >= 0.6 is 0 Å². The number of carbonyl (C=O) groups is 3. The zero-order chi connectivity index (χ0) is 25.6. The summed E-state index contributed by atoms with van der Waals surface area (Å²) in [6, 6.07) is 12.9. The molecule has 2 aromatic rings. The summed E-state index contributed by atoms with van der Waals surface area (Å²) >= 11 is 0. The van der Waals surface area contributed by atoms with Gasteiger partial charge in [0, 0.05) is 29.8 Å². The minimum absolute atomic E-state index is 0.0174. The standard InChI is InChI=1S/C23H20F3N5O4/c24-23(25,26)22(34)30-19(28)15-4-6-16(7-5-15)20(32)29-12-18-13-35-9-8-31(18)21(33)17-3-1-2-14(10-17)11-27/h1-7,10,18H,8-9,12-13H2,(H,29,32)(H2,28,30,34). The number of nitrogens with zero attached hydrogens (tertiary/aromatic N) is 2. The van der Waals surface area contributed by atoms with E-state index >= 15 is 0 Å². The van der Waals surface area contributed by atoms with Crippen molar-refractivity contribution in [3.05, 3.63) is 70.8 Å². The molecule has 0 spiro atoms. The van der Waals surface area contributed by atoms with E-state index in [0.29, 0.717) is 24.3 Å². The number of hydrogen-bond acceptors (Lipinski definition) is 6. The van der Waals surface area contributed by atoms with E-state index < -0.39 is 29.9 Å². The highest BCUT2D eigenvalue weighted by Crippen LogP contribution is 2.16. The van der Waals surface area contributed by atoms with Crippen LogP contribution in [0.15, 0.2) is 48.5 Å².